The zero-order chi connectivity index (χ0) is 18.1. The van der Waals surface area contributed by atoms with E-state index in [9.17, 15) is 14.4 Å². The third kappa shape index (κ3) is 3.10. The Balaban J connectivity index is 1.36. The molecule has 2 aliphatic rings. The molecule has 3 heterocycles. The summed E-state index contributed by atoms with van der Waals surface area (Å²) < 4.78 is 20.9. The number of hydrogen-bond donors (Lipinski definition) is 0. The monoisotopic (exact) mass is 358 g/mol. The first-order chi connectivity index (χ1) is 12.6. The molecule has 1 aromatic heterocycles. The number of imide groups is 1. The zero-order valence-electron chi connectivity index (χ0n) is 13.6. The largest absolute Gasteiger partial charge is 0.458 e. The molecule has 134 valence electrons. The van der Waals surface area contributed by atoms with Crippen LogP contribution in [-0.4, -0.2) is 41.2 Å². The van der Waals surface area contributed by atoms with Crippen LogP contribution in [0.15, 0.2) is 28.8 Å². The molecule has 4 rings (SSSR count). The standard InChI is InChI=1S/C17H14N2O7/c20-15-3-4-16(21)19(15)7-17(22)23-8-11-6-13(26-18-11)10-1-2-12-14(5-10)25-9-24-12/h1-2,5-6H,3-4,7-9H2. The van der Waals surface area contributed by atoms with Crippen LogP contribution in [0.5, 0.6) is 11.5 Å². The third-order valence-electron chi connectivity index (χ3n) is 4.04. The average molecular weight is 358 g/mol. The molecule has 2 amide bonds. The summed E-state index contributed by atoms with van der Waals surface area (Å²) in [5.41, 5.74) is 1.15. The molecular weight excluding hydrogens is 344 g/mol. The number of hydrogen-bond acceptors (Lipinski definition) is 8. The van der Waals surface area contributed by atoms with Gasteiger partial charge in [-0.3, -0.25) is 19.3 Å². The fourth-order valence-corrected chi connectivity index (χ4v) is 2.69. The molecule has 0 N–H and O–H groups in total. The summed E-state index contributed by atoms with van der Waals surface area (Å²) in [6, 6.07) is 6.97. The highest BCUT2D eigenvalue weighted by molar-refractivity contribution is 6.04. The van der Waals surface area contributed by atoms with Gasteiger partial charge >= 0.3 is 5.97 Å². The summed E-state index contributed by atoms with van der Waals surface area (Å²) >= 11 is 0. The van der Waals surface area contributed by atoms with Crippen molar-refractivity contribution in [3.05, 3.63) is 30.0 Å². The first-order valence-electron chi connectivity index (χ1n) is 7.94. The number of nitrogens with zero attached hydrogens (tertiary/aromatic N) is 2. The first kappa shape index (κ1) is 16.1. The van der Waals surface area contributed by atoms with E-state index < -0.39 is 5.97 Å². The van der Waals surface area contributed by atoms with Crippen molar-refractivity contribution in [1.82, 2.24) is 10.1 Å². The number of rotatable bonds is 5. The van der Waals surface area contributed by atoms with E-state index in [1.807, 2.05) is 0 Å². The average Bonchev–Trinajstić information content (AvgIpc) is 3.35. The Labute approximate surface area is 147 Å². The molecule has 0 aliphatic carbocycles. The Kier molecular flexibility index (Phi) is 4.04. The molecule has 2 aliphatic heterocycles. The van der Waals surface area contributed by atoms with Crippen LogP contribution in [0.3, 0.4) is 0 Å². The predicted molar refractivity (Wildman–Crippen MR) is 83.8 cm³/mol. The van der Waals surface area contributed by atoms with Crippen molar-refractivity contribution in [2.45, 2.75) is 19.4 Å². The molecule has 9 nitrogen and oxygen atoms in total. The van der Waals surface area contributed by atoms with Crippen LogP contribution in [0, 0.1) is 0 Å². The van der Waals surface area contributed by atoms with E-state index in [0.717, 1.165) is 10.5 Å². The van der Waals surface area contributed by atoms with Gasteiger partial charge in [-0.1, -0.05) is 5.16 Å². The molecule has 0 unspecified atom stereocenters. The van der Waals surface area contributed by atoms with Crippen molar-refractivity contribution < 1.29 is 33.1 Å². The Bertz CT molecular complexity index is 873. The van der Waals surface area contributed by atoms with Gasteiger partial charge in [-0.15, -0.1) is 0 Å². The third-order valence-corrected chi connectivity index (χ3v) is 4.04. The van der Waals surface area contributed by atoms with Crippen molar-refractivity contribution in [3.63, 3.8) is 0 Å². The number of esters is 1. The maximum Gasteiger partial charge on any atom is 0.326 e. The molecule has 2 aromatic rings. The lowest BCUT2D eigenvalue weighted by Gasteiger charge is -2.12. The van der Waals surface area contributed by atoms with E-state index in [0.29, 0.717) is 23.0 Å². The minimum Gasteiger partial charge on any atom is -0.458 e. The quantitative estimate of drug-likeness (QED) is 0.581. The van der Waals surface area contributed by atoms with Crippen molar-refractivity contribution in [2.24, 2.45) is 0 Å². The van der Waals surface area contributed by atoms with Crippen LogP contribution in [0.2, 0.25) is 0 Å². The first-order valence-corrected chi connectivity index (χ1v) is 7.94. The van der Waals surface area contributed by atoms with E-state index in [2.05, 4.69) is 5.16 Å². The normalized spacial score (nSPS) is 15.6. The van der Waals surface area contributed by atoms with Crippen LogP contribution in [0.25, 0.3) is 11.3 Å². The van der Waals surface area contributed by atoms with Gasteiger partial charge in [0.1, 0.15) is 18.8 Å². The summed E-state index contributed by atoms with van der Waals surface area (Å²) in [7, 11) is 0. The molecule has 0 atom stereocenters. The van der Waals surface area contributed by atoms with Crippen molar-refractivity contribution in [1.29, 1.82) is 0 Å². The number of carbonyl (C=O) groups excluding carboxylic acids is 3. The maximum atomic E-state index is 11.8. The predicted octanol–water partition coefficient (Wildman–Crippen LogP) is 1.26. The minimum atomic E-state index is -0.679. The highest BCUT2D eigenvalue weighted by Gasteiger charge is 2.31. The summed E-state index contributed by atoms with van der Waals surface area (Å²) in [6.45, 7) is -0.327. The van der Waals surface area contributed by atoms with Gasteiger partial charge in [-0.05, 0) is 18.2 Å². The molecule has 0 saturated carbocycles. The summed E-state index contributed by atoms with van der Waals surface area (Å²) in [6.07, 6.45) is 0.266. The number of ether oxygens (including phenoxy) is 3. The molecular formula is C17H14N2O7. The zero-order valence-corrected chi connectivity index (χ0v) is 13.6. The lowest BCUT2D eigenvalue weighted by molar-refractivity contribution is -0.153. The van der Waals surface area contributed by atoms with Gasteiger partial charge in [0.2, 0.25) is 18.6 Å². The Hall–Kier alpha value is -3.36. The Morgan fingerprint density at radius 1 is 1.12 bits per heavy atom. The molecule has 0 bridgehead atoms. The molecule has 0 radical (unpaired) electrons. The molecule has 0 spiro atoms. The second kappa shape index (κ2) is 6.51. The van der Waals surface area contributed by atoms with E-state index in [4.69, 9.17) is 18.7 Å². The van der Waals surface area contributed by atoms with Crippen LogP contribution in [-0.2, 0) is 25.7 Å². The van der Waals surface area contributed by atoms with E-state index >= 15 is 0 Å². The molecule has 1 fully saturated rings. The van der Waals surface area contributed by atoms with Gasteiger partial charge in [0.15, 0.2) is 17.3 Å². The van der Waals surface area contributed by atoms with Crippen molar-refractivity contribution in [2.75, 3.05) is 13.3 Å². The minimum absolute atomic E-state index is 0.122. The molecule has 26 heavy (non-hydrogen) atoms. The Morgan fingerprint density at radius 3 is 2.69 bits per heavy atom. The van der Waals surface area contributed by atoms with Crippen LogP contribution >= 0.6 is 0 Å². The number of likely N-dealkylation sites (tertiary alicyclic amines) is 1. The molecule has 1 saturated heterocycles. The number of fused-ring (bicyclic) bond motifs is 1. The lowest BCUT2D eigenvalue weighted by Crippen LogP contribution is -2.35. The number of benzene rings is 1. The van der Waals surface area contributed by atoms with Gasteiger partial charge in [0, 0.05) is 24.5 Å². The van der Waals surface area contributed by atoms with Gasteiger partial charge in [0.05, 0.1) is 0 Å². The van der Waals surface area contributed by atoms with E-state index in [1.165, 1.54) is 0 Å². The number of aromatic nitrogens is 1. The highest BCUT2D eigenvalue weighted by Crippen LogP contribution is 2.36. The lowest BCUT2D eigenvalue weighted by atomic mass is 10.1. The second-order valence-corrected chi connectivity index (χ2v) is 5.78. The van der Waals surface area contributed by atoms with E-state index in [-0.39, 0.29) is 44.6 Å². The maximum absolute atomic E-state index is 11.8. The summed E-state index contributed by atoms with van der Waals surface area (Å²) in [4.78, 5) is 35.7. The molecule has 9 heteroatoms. The van der Waals surface area contributed by atoms with Gasteiger partial charge < -0.3 is 18.7 Å². The van der Waals surface area contributed by atoms with E-state index in [1.54, 1.807) is 24.3 Å². The highest BCUT2D eigenvalue weighted by atomic mass is 16.7. The van der Waals surface area contributed by atoms with Gasteiger partial charge in [-0.2, -0.15) is 0 Å². The number of amides is 2. The summed E-state index contributed by atoms with van der Waals surface area (Å²) in [5.74, 6) is 0.359. The van der Waals surface area contributed by atoms with Gasteiger partial charge in [-0.25, -0.2) is 0 Å². The molecule has 1 aromatic carbocycles. The second-order valence-electron chi connectivity index (χ2n) is 5.78. The topological polar surface area (TPSA) is 108 Å². The van der Waals surface area contributed by atoms with Crippen molar-refractivity contribution >= 4 is 17.8 Å². The van der Waals surface area contributed by atoms with Crippen molar-refractivity contribution in [3.8, 4) is 22.8 Å². The number of carbonyl (C=O) groups is 3. The van der Waals surface area contributed by atoms with Crippen LogP contribution in [0.1, 0.15) is 18.5 Å². The SMILES string of the molecule is O=C(CN1C(=O)CCC1=O)OCc1cc(-c2ccc3c(c2)OCO3)on1. The van der Waals surface area contributed by atoms with Crippen LogP contribution in [0.4, 0.5) is 0 Å². The van der Waals surface area contributed by atoms with Crippen LogP contribution < -0.4 is 9.47 Å². The summed E-state index contributed by atoms with van der Waals surface area (Å²) in [5, 5.41) is 3.85. The van der Waals surface area contributed by atoms with Gasteiger partial charge in [0.25, 0.3) is 0 Å². The smallest absolute Gasteiger partial charge is 0.326 e. The Morgan fingerprint density at radius 2 is 1.88 bits per heavy atom. The fourth-order valence-electron chi connectivity index (χ4n) is 2.69. The fraction of sp³-hybridized carbons (Fsp3) is 0.294.